The van der Waals surface area contributed by atoms with Crippen LogP contribution in [0, 0.1) is 0 Å². The van der Waals surface area contributed by atoms with Crippen molar-refractivity contribution >= 4 is 11.6 Å². The van der Waals surface area contributed by atoms with Crippen LogP contribution < -0.4 is 11.1 Å². The molecule has 0 bridgehead atoms. The molecule has 82 valence electrons. The van der Waals surface area contributed by atoms with Crippen LogP contribution in [0.4, 0.5) is 0 Å². The molecule has 0 atom stereocenters. The van der Waals surface area contributed by atoms with Crippen molar-refractivity contribution < 1.29 is 0 Å². The number of halogens is 1. The molecule has 0 unspecified atom stereocenters. The zero-order valence-corrected chi connectivity index (χ0v) is 9.56. The van der Waals surface area contributed by atoms with Crippen LogP contribution in [-0.4, -0.2) is 13.1 Å². The van der Waals surface area contributed by atoms with Gasteiger partial charge in [0.1, 0.15) is 0 Å². The average Bonchev–Trinajstić information content (AvgIpc) is 2.19. The van der Waals surface area contributed by atoms with Gasteiger partial charge >= 0.3 is 0 Å². The number of hydrogen-bond acceptors (Lipinski definition) is 2. The zero-order chi connectivity index (χ0) is 10.7. The van der Waals surface area contributed by atoms with Gasteiger partial charge in [0.05, 0.1) is 0 Å². The molecule has 1 fully saturated rings. The van der Waals surface area contributed by atoms with E-state index in [2.05, 4.69) is 17.4 Å². The van der Waals surface area contributed by atoms with E-state index in [1.54, 1.807) is 0 Å². The number of nitrogens with two attached hydrogens (primary N) is 1. The molecule has 1 saturated carbocycles. The third-order valence-corrected chi connectivity index (χ3v) is 3.46. The van der Waals surface area contributed by atoms with E-state index in [9.17, 15) is 0 Å². The van der Waals surface area contributed by atoms with Gasteiger partial charge in [-0.05, 0) is 37.0 Å². The third-order valence-electron chi connectivity index (χ3n) is 3.21. The summed E-state index contributed by atoms with van der Waals surface area (Å²) in [6.45, 7) is 1.57. The van der Waals surface area contributed by atoms with Crippen LogP contribution in [0.5, 0.6) is 0 Å². The molecule has 2 rings (SSSR count). The monoisotopic (exact) mass is 224 g/mol. The highest BCUT2D eigenvalue weighted by molar-refractivity contribution is 6.30. The van der Waals surface area contributed by atoms with E-state index in [1.165, 1.54) is 24.8 Å². The summed E-state index contributed by atoms with van der Waals surface area (Å²) in [6.07, 6.45) is 3.70. The predicted molar refractivity (Wildman–Crippen MR) is 64.0 cm³/mol. The Hall–Kier alpha value is -0.570. The second-order valence-electron chi connectivity index (χ2n) is 4.16. The van der Waals surface area contributed by atoms with Gasteiger partial charge in [-0.15, -0.1) is 0 Å². The van der Waals surface area contributed by atoms with Gasteiger partial charge in [-0.25, -0.2) is 0 Å². The molecule has 0 amide bonds. The highest BCUT2D eigenvalue weighted by Gasteiger charge is 2.37. The summed E-state index contributed by atoms with van der Waals surface area (Å²) in [4.78, 5) is 0. The first-order valence-corrected chi connectivity index (χ1v) is 5.86. The maximum Gasteiger partial charge on any atom is 0.0435 e. The average molecular weight is 225 g/mol. The lowest BCUT2D eigenvalue weighted by Crippen LogP contribution is -2.49. The zero-order valence-electron chi connectivity index (χ0n) is 8.80. The maximum atomic E-state index is 5.89. The number of benzene rings is 1. The van der Waals surface area contributed by atoms with Crippen molar-refractivity contribution in [3.63, 3.8) is 0 Å². The van der Waals surface area contributed by atoms with Crippen molar-refractivity contribution in [1.82, 2.24) is 5.32 Å². The third kappa shape index (κ3) is 2.17. The quantitative estimate of drug-likeness (QED) is 0.824. The summed E-state index contributed by atoms with van der Waals surface area (Å²) < 4.78 is 0. The molecule has 1 aliphatic carbocycles. The molecule has 3 N–H and O–H groups in total. The van der Waals surface area contributed by atoms with E-state index in [-0.39, 0.29) is 5.54 Å². The molecule has 0 radical (unpaired) electrons. The Balaban J connectivity index is 2.14. The fourth-order valence-corrected chi connectivity index (χ4v) is 2.30. The minimum Gasteiger partial charge on any atom is -0.329 e. The van der Waals surface area contributed by atoms with Crippen LogP contribution in [0.15, 0.2) is 24.3 Å². The van der Waals surface area contributed by atoms with Crippen molar-refractivity contribution in [3.05, 3.63) is 34.9 Å². The van der Waals surface area contributed by atoms with E-state index in [1.807, 2.05) is 12.1 Å². The molecule has 0 saturated heterocycles. The van der Waals surface area contributed by atoms with Crippen molar-refractivity contribution in [1.29, 1.82) is 0 Å². The number of nitrogens with one attached hydrogen (secondary N) is 1. The summed E-state index contributed by atoms with van der Waals surface area (Å²) in [5.74, 6) is 0. The highest BCUT2D eigenvalue weighted by atomic mass is 35.5. The highest BCUT2D eigenvalue weighted by Crippen LogP contribution is 2.41. The first kappa shape index (κ1) is 10.9. The molecule has 3 heteroatoms. The summed E-state index contributed by atoms with van der Waals surface area (Å²) in [6, 6.07) is 8.15. The Kier molecular flexibility index (Phi) is 3.29. The van der Waals surface area contributed by atoms with Crippen LogP contribution in [0.2, 0.25) is 5.02 Å². The molecule has 0 aromatic heterocycles. The molecule has 1 aromatic rings. The Morgan fingerprint density at radius 2 is 1.93 bits per heavy atom. The lowest BCUT2D eigenvalue weighted by atomic mass is 9.72. The fourth-order valence-electron chi connectivity index (χ4n) is 2.18. The van der Waals surface area contributed by atoms with Crippen LogP contribution >= 0.6 is 11.6 Å². The van der Waals surface area contributed by atoms with E-state index in [0.29, 0.717) is 6.54 Å². The fraction of sp³-hybridized carbons (Fsp3) is 0.500. The maximum absolute atomic E-state index is 5.89. The second kappa shape index (κ2) is 4.52. The normalized spacial score (nSPS) is 18.5. The van der Waals surface area contributed by atoms with Gasteiger partial charge < -0.3 is 11.1 Å². The van der Waals surface area contributed by atoms with Crippen LogP contribution in [0.3, 0.4) is 0 Å². The van der Waals surface area contributed by atoms with Gasteiger partial charge in [0.2, 0.25) is 0 Å². The molecular formula is C12H17ClN2. The van der Waals surface area contributed by atoms with Gasteiger partial charge in [0.25, 0.3) is 0 Å². The summed E-state index contributed by atoms with van der Waals surface area (Å²) in [7, 11) is 0. The first-order chi connectivity index (χ1) is 7.27. The molecule has 1 aromatic carbocycles. The van der Waals surface area contributed by atoms with E-state index in [4.69, 9.17) is 17.3 Å². The summed E-state index contributed by atoms with van der Waals surface area (Å²) >= 11 is 5.89. The lowest BCUT2D eigenvalue weighted by Gasteiger charge is -2.43. The molecular weight excluding hydrogens is 208 g/mol. The molecule has 0 spiro atoms. The summed E-state index contributed by atoms with van der Waals surface area (Å²) in [5.41, 5.74) is 7.04. The van der Waals surface area contributed by atoms with Crippen molar-refractivity contribution in [3.8, 4) is 0 Å². The van der Waals surface area contributed by atoms with Crippen LogP contribution in [0.1, 0.15) is 24.8 Å². The van der Waals surface area contributed by atoms with Crippen LogP contribution in [-0.2, 0) is 5.54 Å². The van der Waals surface area contributed by atoms with Gasteiger partial charge in [0, 0.05) is 23.7 Å². The summed E-state index contributed by atoms with van der Waals surface area (Å²) in [5, 5.41) is 4.35. The van der Waals surface area contributed by atoms with Gasteiger partial charge in [-0.3, -0.25) is 0 Å². The minimum atomic E-state index is 0.171. The molecule has 0 aliphatic heterocycles. The van der Waals surface area contributed by atoms with Gasteiger partial charge in [0.15, 0.2) is 0 Å². The largest absolute Gasteiger partial charge is 0.329 e. The second-order valence-corrected chi connectivity index (χ2v) is 4.59. The first-order valence-electron chi connectivity index (χ1n) is 5.48. The Morgan fingerprint density at radius 3 is 2.40 bits per heavy atom. The minimum absolute atomic E-state index is 0.171. The smallest absolute Gasteiger partial charge is 0.0435 e. The Morgan fingerprint density at radius 1 is 1.27 bits per heavy atom. The predicted octanol–water partition coefficient (Wildman–Crippen LogP) is 2.27. The molecule has 15 heavy (non-hydrogen) atoms. The van der Waals surface area contributed by atoms with Crippen molar-refractivity contribution in [2.24, 2.45) is 5.73 Å². The van der Waals surface area contributed by atoms with Gasteiger partial charge in [-0.1, -0.05) is 23.7 Å². The SMILES string of the molecule is NCCNC1(c2ccc(Cl)cc2)CCC1. The van der Waals surface area contributed by atoms with Crippen molar-refractivity contribution in [2.45, 2.75) is 24.8 Å². The molecule has 1 aliphatic rings. The lowest BCUT2D eigenvalue weighted by molar-refractivity contribution is 0.188. The van der Waals surface area contributed by atoms with Gasteiger partial charge in [-0.2, -0.15) is 0 Å². The van der Waals surface area contributed by atoms with Crippen LogP contribution in [0.25, 0.3) is 0 Å². The van der Waals surface area contributed by atoms with E-state index in [0.717, 1.165) is 11.6 Å². The standard InChI is InChI=1S/C12H17ClN2/c13-11-4-2-10(3-5-11)12(6-1-7-12)15-9-8-14/h2-5,15H,1,6-9,14H2. The number of hydrogen-bond donors (Lipinski definition) is 2. The Bertz CT molecular complexity index is 317. The van der Waals surface area contributed by atoms with E-state index >= 15 is 0 Å². The molecule has 0 heterocycles. The van der Waals surface area contributed by atoms with Crippen molar-refractivity contribution in [2.75, 3.05) is 13.1 Å². The molecule has 2 nitrogen and oxygen atoms in total. The topological polar surface area (TPSA) is 38.0 Å². The Labute approximate surface area is 95.8 Å². The number of rotatable bonds is 4. The van der Waals surface area contributed by atoms with E-state index < -0.39 is 0 Å².